The highest BCUT2D eigenvalue weighted by Crippen LogP contribution is 2.46. The van der Waals surface area contributed by atoms with Crippen molar-refractivity contribution >= 4 is 12.4 Å². The average molecular weight is 404 g/mol. The van der Waals surface area contributed by atoms with Crippen molar-refractivity contribution in [3.8, 4) is 5.75 Å². The molecule has 1 N–H and O–H groups in total. The molecule has 2 aromatic rings. The molecular weight excluding hydrogens is 370 g/mol. The Morgan fingerprint density at radius 2 is 1.68 bits per heavy atom. The van der Waals surface area contributed by atoms with Gasteiger partial charge in [0, 0.05) is 24.5 Å². The minimum absolute atomic E-state index is 0. The van der Waals surface area contributed by atoms with Crippen LogP contribution in [-0.2, 0) is 13.0 Å². The maximum atomic E-state index is 11.4. The van der Waals surface area contributed by atoms with Gasteiger partial charge in [0.1, 0.15) is 5.75 Å². The van der Waals surface area contributed by atoms with Gasteiger partial charge >= 0.3 is 0 Å². The van der Waals surface area contributed by atoms with Crippen molar-refractivity contribution in [3.05, 3.63) is 65.7 Å². The second-order valence-electron chi connectivity index (χ2n) is 8.38. The van der Waals surface area contributed by atoms with Gasteiger partial charge in [0.25, 0.3) is 0 Å². The molecule has 0 saturated carbocycles. The standard InChI is InChI=1S/C24H33NO2.ClH/c1-5-24(26)15-16-25(18-20-9-7-6-8-10-20)22(23(24,2)3)17-19-11-13-21(27-4)14-12-19;/h6-14,22,26H,5,15-18H2,1-4H3;1H. The van der Waals surface area contributed by atoms with Gasteiger partial charge in [-0.2, -0.15) is 0 Å². The molecular formula is C24H34ClNO2. The largest absolute Gasteiger partial charge is 0.497 e. The monoisotopic (exact) mass is 403 g/mol. The third-order valence-corrected chi connectivity index (χ3v) is 6.69. The van der Waals surface area contributed by atoms with Crippen molar-refractivity contribution in [1.82, 2.24) is 4.90 Å². The molecule has 1 aliphatic rings. The molecule has 0 aliphatic carbocycles. The number of methoxy groups -OCH3 is 1. The lowest BCUT2D eigenvalue weighted by Crippen LogP contribution is -2.63. The Labute approximate surface area is 176 Å². The molecule has 2 aromatic carbocycles. The van der Waals surface area contributed by atoms with E-state index in [1.165, 1.54) is 11.1 Å². The Kier molecular flexibility index (Phi) is 7.55. The van der Waals surface area contributed by atoms with Crippen molar-refractivity contribution in [2.24, 2.45) is 5.41 Å². The molecule has 4 heteroatoms. The number of halogens is 1. The summed E-state index contributed by atoms with van der Waals surface area (Å²) >= 11 is 0. The molecule has 1 fully saturated rings. The molecule has 3 rings (SSSR count). The molecule has 3 nitrogen and oxygen atoms in total. The molecule has 0 amide bonds. The maximum absolute atomic E-state index is 11.4. The quantitative estimate of drug-likeness (QED) is 0.728. The highest BCUT2D eigenvalue weighted by Gasteiger charge is 2.52. The van der Waals surface area contributed by atoms with Crippen LogP contribution in [0.1, 0.15) is 44.7 Å². The summed E-state index contributed by atoms with van der Waals surface area (Å²) in [5, 5.41) is 11.4. The van der Waals surface area contributed by atoms with Crippen LogP contribution in [0.25, 0.3) is 0 Å². The lowest BCUT2D eigenvalue weighted by Gasteiger charge is -2.56. The number of nitrogens with zero attached hydrogens (tertiary/aromatic N) is 1. The lowest BCUT2D eigenvalue weighted by molar-refractivity contribution is -0.153. The maximum Gasteiger partial charge on any atom is 0.118 e. The van der Waals surface area contributed by atoms with Gasteiger partial charge in [-0.1, -0.05) is 63.2 Å². The Bertz CT molecular complexity index is 732. The third kappa shape index (κ3) is 4.53. The fourth-order valence-corrected chi connectivity index (χ4v) is 4.58. The van der Waals surface area contributed by atoms with Crippen molar-refractivity contribution in [2.75, 3.05) is 13.7 Å². The van der Waals surface area contributed by atoms with E-state index in [-0.39, 0.29) is 23.9 Å². The number of ether oxygens (including phenoxy) is 1. The van der Waals surface area contributed by atoms with Crippen LogP contribution in [-0.4, -0.2) is 35.3 Å². The SMILES string of the molecule is CCC1(O)CCN(Cc2ccccc2)C(Cc2ccc(OC)cc2)C1(C)C.Cl. The van der Waals surface area contributed by atoms with Crippen LogP contribution in [0.2, 0.25) is 0 Å². The molecule has 1 heterocycles. The number of likely N-dealkylation sites (tertiary alicyclic amines) is 1. The van der Waals surface area contributed by atoms with Crippen molar-refractivity contribution in [2.45, 2.75) is 58.2 Å². The van der Waals surface area contributed by atoms with E-state index in [1.807, 2.05) is 12.1 Å². The lowest BCUT2D eigenvalue weighted by atomic mass is 9.62. The fourth-order valence-electron chi connectivity index (χ4n) is 4.58. The van der Waals surface area contributed by atoms with Gasteiger partial charge in [-0.3, -0.25) is 4.90 Å². The van der Waals surface area contributed by atoms with Crippen LogP contribution in [0.5, 0.6) is 5.75 Å². The van der Waals surface area contributed by atoms with E-state index in [0.717, 1.165) is 38.1 Å². The molecule has 0 radical (unpaired) electrons. The number of piperidine rings is 1. The van der Waals surface area contributed by atoms with E-state index in [4.69, 9.17) is 4.74 Å². The smallest absolute Gasteiger partial charge is 0.118 e. The van der Waals surface area contributed by atoms with Crippen molar-refractivity contribution in [3.63, 3.8) is 0 Å². The highest BCUT2D eigenvalue weighted by atomic mass is 35.5. The normalized spacial score (nSPS) is 24.4. The Morgan fingerprint density at radius 3 is 2.25 bits per heavy atom. The van der Waals surface area contributed by atoms with Gasteiger partial charge in [-0.15, -0.1) is 12.4 Å². The predicted molar refractivity (Wildman–Crippen MR) is 118 cm³/mol. The summed E-state index contributed by atoms with van der Waals surface area (Å²) in [4.78, 5) is 2.56. The zero-order valence-electron chi connectivity index (χ0n) is 17.5. The summed E-state index contributed by atoms with van der Waals surface area (Å²) < 4.78 is 5.30. The first-order valence-electron chi connectivity index (χ1n) is 10.0. The Hall–Kier alpha value is -1.55. The number of benzene rings is 2. The van der Waals surface area contributed by atoms with E-state index in [9.17, 15) is 5.11 Å². The number of hydrogen-bond acceptors (Lipinski definition) is 3. The topological polar surface area (TPSA) is 32.7 Å². The zero-order valence-corrected chi connectivity index (χ0v) is 18.3. The van der Waals surface area contributed by atoms with Gasteiger partial charge in [0.15, 0.2) is 0 Å². The number of rotatable bonds is 6. The molecule has 0 spiro atoms. The first-order valence-corrected chi connectivity index (χ1v) is 10.0. The average Bonchev–Trinajstić information content (AvgIpc) is 2.69. The summed E-state index contributed by atoms with van der Waals surface area (Å²) in [5.41, 5.74) is 1.79. The predicted octanol–water partition coefficient (Wildman–Crippen LogP) is 5.10. The first-order chi connectivity index (χ1) is 12.9. The van der Waals surface area contributed by atoms with Gasteiger partial charge in [-0.25, -0.2) is 0 Å². The van der Waals surface area contributed by atoms with E-state index in [0.29, 0.717) is 0 Å². The van der Waals surface area contributed by atoms with Gasteiger partial charge in [0.05, 0.1) is 12.7 Å². The van der Waals surface area contributed by atoms with Gasteiger partial charge in [-0.05, 0) is 42.5 Å². The molecule has 1 aliphatic heterocycles. The Morgan fingerprint density at radius 1 is 1.04 bits per heavy atom. The number of hydrogen-bond donors (Lipinski definition) is 1. The van der Waals surface area contributed by atoms with Crippen LogP contribution in [0.15, 0.2) is 54.6 Å². The van der Waals surface area contributed by atoms with Crippen molar-refractivity contribution < 1.29 is 9.84 Å². The molecule has 154 valence electrons. The van der Waals surface area contributed by atoms with Crippen molar-refractivity contribution in [1.29, 1.82) is 0 Å². The van der Waals surface area contributed by atoms with E-state index >= 15 is 0 Å². The second-order valence-corrected chi connectivity index (χ2v) is 8.38. The highest BCUT2D eigenvalue weighted by molar-refractivity contribution is 5.85. The summed E-state index contributed by atoms with van der Waals surface area (Å²) in [6.07, 6.45) is 2.53. The Balaban J connectivity index is 0.00000280. The molecule has 0 bridgehead atoms. The van der Waals surface area contributed by atoms with Gasteiger partial charge < -0.3 is 9.84 Å². The fraction of sp³-hybridized carbons (Fsp3) is 0.500. The summed E-state index contributed by atoms with van der Waals surface area (Å²) in [7, 11) is 1.70. The molecule has 2 unspecified atom stereocenters. The van der Waals surface area contributed by atoms with Crippen LogP contribution in [0.4, 0.5) is 0 Å². The van der Waals surface area contributed by atoms with E-state index < -0.39 is 5.60 Å². The zero-order chi connectivity index (χ0) is 19.5. The summed E-state index contributed by atoms with van der Waals surface area (Å²) in [6.45, 7) is 8.43. The van der Waals surface area contributed by atoms with Crippen LogP contribution < -0.4 is 4.74 Å². The van der Waals surface area contributed by atoms with Gasteiger partial charge in [0.2, 0.25) is 0 Å². The van der Waals surface area contributed by atoms with E-state index in [2.05, 4.69) is 68.1 Å². The number of aliphatic hydroxyl groups is 1. The summed E-state index contributed by atoms with van der Waals surface area (Å²) in [6, 6.07) is 19.3. The molecule has 0 aromatic heterocycles. The van der Waals surface area contributed by atoms with Crippen LogP contribution in [0.3, 0.4) is 0 Å². The van der Waals surface area contributed by atoms with Crippen LogP contribution >= 0.6 is 12.4 Å². The molecule has 2 atom stereocenters. The second kappa shape index (κ2) is 9.30. The minimum Gasteiger partial charge on any atom is -0.497 e. The molecule has 28 heavy (non-hydrogen) atoms. The minimum atomic E-state index is -0.628. The first kappa shape index (κ1) is 22.7. The summed E-state index contributed by atoms with van der Waals surface area (Å²) in [5.74, 6) is 0.882. The van der Waals surface area contributed by atoms with Crippen LogP contribution in [0, 0.1) is 5.41 Å². The van der Waals surface area contributed by atoms with E-state index in [1.54, 1.807) is 7.11 Å². The third-order valence-electron chi connectivity index (χ3n) is 6.69. The molecule has 1 saturated heterocycles.